The van der Waals surface area contributed by atoms with E-state index in [0.717, 1.165) is 25.9 Å². The summed E-state index contributed by atoms with van der Waals surface area (Å²) in [5.74, 6) is -0.0299. The van der Waals surface area contributed by atoms with Crippen LogP contribution in [0, 0.1) is 11.3 Å². The van der Waals surface area contributed by atoms with Crippen LogP contribution in [0.25, 0.3) is 6.08 Å². The van der Waals surface area contributed by atoms with Crippen LogP contribution in [-0.2, 0) is 14.3 Å². The van der Waals surface area contributed by atoms with Gasteiger partial charge in [-0.05, 0) is 38.3 Å². The molecule has 2 amide bonds. The lowest BCUT2D eigenvalue weighted by Crippen LogP contribution is -2.32. The van der Waals surface area contributed by atoms with Crippen molar-refractivity contribution in [1.82, 2.24) is 10.2 Å². The van der Waals surface area contributed by atoms with Crippen molar-refractivity contribution in [3.8, 4) is 11.8 Å². The molecule has 1 aromatic rings. The molecule has 0 atom stereocenters. The third-order valence-electron chi connectivity index (χ3n) is 4.35. The fraction of sp³-hybridized carbons (Fsp3) is 0.476. The molecule has 150 valence electrons. The molecule has 2 rings (SSSR count). The highest BCUT2D eigenvalue weighted by Crippen LogP contribution is 2.21. The van der Waals surface area contributed by atoms with Gasteiger partial charge in [0.1, 0.15) is 17.4 Å². The number of carbonyl (C=O) groups excluding carboxylic acids is 2. The molecular weight excluding hydrogens is 358 g/mol. The highest BCUT2D eigenvalue weighted by atomic mass is 16.5. The van der Waals surface area contributed by atoms with Gasteiger partial charge in [-0.2, -0.15) is 5.26 Å². The van der Waals surface area contributed by atoms with E-state index in [1.165, 1.54) is 6.08 Å². The van der Waals surface area contributed by atoms with Gasteiger partial charge in [-0.1, -0.05) is 18.2 Å². The van der Waals surface area contributed by atoms with E-state index in [4.69, 9.17) is 9.47 Å². The largest absolute Gasteiger partial charge is 0.483 e. The maximum Gasteiger partial charge on any atom is 0.261 e. The molecule has 0 saturated carbocycles. The lowest BCUT2D eigenvalue weighted by molar-refractivity contribution is -0.132. The molecule has 7 heteroatoms. The van der Waals surface area contributed by atoms with Crippen molar-refractivity contribution in [3.05, 3.63) is 35.4 Å². The molecule has 0 aliphatic carbocycles. The number of para-hydroxylation sites is 1. The second kappa shape index (κ2) is 11.8. The van der Waals surface area contributed by atoms with Crippen LogP contribution in [0.5, 0.6) is 5.75 Å². The molecule has 1 aliphatic rings. The predicted molar refractivity (Wildman–Crippen MR) is 105 cm³/mol. The van der Waals surface area contributed by atoms with Crippen LogP contribution in [0.4, 0.5) is 0 Å². The summed E-state index contributed by atoms with van der Waals surface area (Å²) in [5.41, 5.74) is 0.566. The van der Waals surface area contributed by atoms with Crippen molar-refractivity contribution in [2.75, 3.05) is 39.5 Å². The first-order chi connectivity index (χ1) is 13.7. The van der Waals surface area contributed by atoms with E-state index in [-0.39, 0.29) is 18.1 Å². The molecule has 1 aromatic carbocycles. The Bertz CT molecular complexity index is 733. The fourth-order valence-electron chi connectivity index (χ4n) is 2.85. The monoisotopic (exact) mass is 385 g/mol. The number of nitrogens with one attached hydrogen (secondary N) is 1. The van der Waals surface area contributed by atoms with Crippen molar-refractivity contribution in [2.45, 2.75) is 26.2 Å². The summed E-state index contributed by atoms with van der Waals surface area (Å²) < 4.78 is 10.9. The summed E-state index contributed by atoms with van der Waals surface area (Å²) in [6.45, 7) is 5.01. The molecule has 0 spiro atoms. The minimum Gasteiger partial charge on any atom is -0.483 e. The van der Waals surface area contributed by atoms with Crippen molar-refractivity contribution in [1.29, 1.82) is 5.26 Å². The highest BCUT2D eigenvalue weighted by molar-refractivity contribution is 6.02. The van der Waals surface area contributed by atoms with Crippen molar-refractivity contribution in [3.63, 3.8) is 0 Å². The van der Waals surface area contributed by atoms with E-state index in [1.807, 2.05) is 13.0 Å². The summed E-state index contributed by atoms with van der Waals surface area (Å²) in [6.07, 6.45) is 4.21. The summed E-state index contributed by atoms with van der Waals surface area (Å²) in [4.78, 5) is 26.2. The standard InChI is InChI=1S/C21H27N3O4/c1-2-27-13-7-10-23-21(26)18(15-22)14-17-8-3-4-9-19(17)28-16-20(25)24-11-5-6-12-24/h3-4,8-9,14H,2,5-7,10-13,16H2,1H3,(H,23,26)/b18-14+. The number of likely N-dealkylation sites (tertiary alicyclic amines) is 1. The first-order valence-electron chi connectivity index (χ1n) is 9.63. The van der Waals surface area contributed by atoms with Gasteiger partial charge in [-0.25, -0.2) is 0 Å². The Labute approximate surface area is 165 Å². The number of benzene rings is 1. The molecule has 1 heterocycles. The number of nitriles is 1. The number of rotatable bonds is 10. The molecule has 1 saturated heterocycles. The van der Waals surface area contributed by atoms with Gasteiger partial charge in [0.15, 0.2) is 6.61 Å². The second-order valence-electron chi connectivity index (χ2n) is 6.39. The van der Waals surface area contributed by atoms with Gasteiger partial charge in [0, 0.05) is 38.4 Å². The zero-order valence-corrected chi connectivity index (χ0v) is 16.3. The van der Waals surface area contributed by atoms with Gasteiger partial charge in [-0.3, -0.25) is 9.59 Å². The van der Waals surface area contributed by atoms with Crippen LogP contribution >= 0.6 is 0 Å². The van der Waals surface area contributed by atoms with Crippen molar-refractivity contribution in [2.24, 2.45) is 0 Å². The molecule has 28 heavy (non-hydrogen) atoms. The Morgan fingerprint density at radius 2 is 2.04 bits per heavy atom. The Kier molecular flexibility index (Phi) is 9.02. The highest BCUT2D eigenvalue weighted by Gasteiger charge is 2.18. The zero-order valence-electron chi connectivity index (χ0n) is 16.3. The smallest absolute Gasteiger partial charge is 0.261 e. The van der Waals surface area contributed by atoms with Crippen LogP contribution < -0.4 is 10.1 Å². The Hall–Kier alpha value is -2.85. The van der Waals surface area contributed by atoms with Crippen LogP contribution in [-0.4, -0.2) is 56.2 Å². The second-order valence-corrected chi connectivity index (χ2v) is 6.39. The predicted octanol–water partition coefficient (Wildman–Crippen LogP) is 2.14. The van der Waals surface area contributed by atoms with E-state index >= 15 is 0 Å². The van der Waals surface area contributed by atoms with E-state index in [0.29, 0.717) is 37.5 Å². The molecule has 7 nitrogen and oxygen atoms in total. The third kappa shape index (κ3) is 6.71. The summed E-state index contributed by atoms with van der Waals surface area (Å²) in [7, 11) is 0. The molecule has 1 aliphatic heterocycles. The lowest BCUT2D eigenvalue weighted by atomic mass is 10.1. The summed E-state index contributed by atoms with van der Waals surface area (Å²) in [5, 5.41) is 12.1. The number of amides is 2. The Balaban J connectivity index is 1.97. The maximum atomic E-state index is 12.2. The zero-order chi connectivity index (χ0) is 20.2. The summed E-state index contributed by atoms with van der Waals surface area (Å²) >= 11 is 0. The normalized spacial score (nSPS) is 13.9. The first-order valence-corrected chi connectivity index (χ1v) is 9.63. The average Bonchev–Trinajstić information content (AvgIpc) is 3.25. The minimum atomic E-state index is -0.443. The van der Waals surface area contributed by atoms with Gasteiger partial charge >= 0.3 is 0 Å². The van der Waals surface area contributed by atoms with Crippen molar-refractivity contribution >= 4 is 17.9 Å². The number of hydrogen-bond donors (Lipinski definition) is 1. The van der Waals surface area contributed by atoms with Crippen molar-refractivity contribution < 1.29 is 19.1 Å². The number of carbonyl (C=O) groups is 2. The molecule has 1 fully saturated rings. The van der Waals surface area contributed by atoms with Crippen LogP contribution in [0.3, 0.4) is 0 Å². The number of hydrogen-bond acceptors (Lipinski definition) is 5. The van der Waals surface area contributed by atoms with Gasteiger partial charge in [0.05, 0.1) is 0 Å². The van der Waals surface area contributed by atoms with E-state index in [1.54, 1.807) is 29.2 Å². The van der Waals surface area contributed by atoms with Gasteiger partial charge in [0.2, 0.25) is 0 Å². The first kappa shape index (κ1) is 21.5. The van der Waals surface area contributed by atoms with Crippen LogP contribution in [0.1, 0.15) is 31.7 Å². The molecule has 0 radical (unpaired) electrons. The Morgan fingerprint density at radius 3 is 2.75 bits per heavy atom. The SMILES string of the molecule is CCOCCCNC(=O)/C(C#N)=C/c1ccccc1OCC(=O)N1CCCC1. The van der Waals surface area contributed by atoms with Gasteiger partial charge in [0.25, 0.3) is 11.8 Å². The van der Waals surface area contributed by atoms with Crippen LogP contribution in [0.2, 0.25) is 0 Å². The quantitative estimate of drug-likeness (QED) is 0.378. The lowest BCUT2D eigenvalue weighted by Gasteiger charge is -2.16. The summed E-state index contributed by atoms with van der Waals surface area (Å²) in [6, 6.07) is 8.96. The molecule has 0 bridgehead atoms. The Morgan fingerprint density at radius 1 is 1.29 bits per heavy atom. The molecular formula is C21H27N3O4. The number of nitrogens with zero attached hydrogens (tertiary/aromatic N) is 2. The van der Waals surface area contributed by atoms with E-state index < -0.39 is 5.91 Å². The van der Waals surface area contributed by atoms with Crippen LogP contribution in [0.15, 0.2) is 29.8 Å². The van der Waals surface area contributed by atoms with Gasteiger partial charge in [-0.15, -0.1) is 0 Å². The number of ether oxygens (including phenoxy) is 2. The topological polar surface area (TPSA) is 91.7 Å². The van der Waals surface area contributed by atoms with E-state index in [9.17, 15) is 14.9 Å². The maximum absolute atomic E-state index is 12.2. The third-order valence-corrected chi connectivity index (χ3v) is 4.35. The molecule has 1 N–H and O–H groups in total. The van der Waals surface area contributed by atoms with Gasteiger partial charge < -0.3 is 19.7 Å². The average molecular weight is 385 g/mol. The molecule has 0 unspecified atom stereocenters. The molecule has 0 aromatic heterocycles. The van der Waals surface area contributed by atoms with E-state index in [2.05, 4.69) is 5.32 Å². The fourth-order valence-corrected chi connectivity index (χ4v) is 2.85. The minimum absolute atomic E-state index is 0.0154.